The molecular weight excluding hydrogens is 346 g/mol. The Balaban J connectivity index is 1.39. The molecule has 5 aromatic rings. The van der Waals surface area contributed by atoms with Crippen LogP contribution in [0.5, 0.6) is 0 Å². The molecule has 136 valence electrons. The molecule has 2 N–H and O–H groups in total. The van der Waals surface area contributed by atoms with Gasteiger partial charge < -0.3 is 14.9 Å². The predicted octanol–water partition coefficient (Wildman–Crippen LogP) is 5.42. The van der Waals surface area contributed by atoms with Gasteiger partial charge in [-0.2, -0.15) is 0 Å². The van der Waals surface area contributed by atoms with Gasteiger partial charge in [-0.15, -0.1) is 0 Å². The summed E-state index contributed by atoms with van der Waals surface area (Å²) in [6, 6.07) is 26.1. The Morgan fingerprint density at radius 1 is 0.893 bits per heavy atom. The monoisotopic (exact) mass is 365 g/mol. The molecule has 0 aliphatic heterocycles. The van der Waals surface area contributed by atoms with Crippen LogP contribution in [-0.2, 0) is 6.54 Å². The van der Waals surface area contributed by atoms with Crippen LogP contribution in [0.3, 0.4) is 0 Å². The Kier molecular flexibility index (Phi) is 3.95. The molecule has 0 unspecified atom stereocenters. The highest BCUT2D eigenvalue weighted by atomic mass is 16.1. The summed E-state index contributed by atoms with van der Waals surface area (Å²) in [5.41, 5.74) is 4.87. The maximum atomic E-state index is 12.7. The lowest BCUT2D eigenvalue weighted by atomic mass is 10.1. The molecule has 0 aliphatic rings. The van der Waals surface area contributed by atoms with E-state index < -0.39 is 0 Å². The van der Waals surface area contributed by atoms with Crippen molar-refractivity contribution in [1.29, 1.82) is 0 Å². The van der Waals surface area contributed by atoms with Crippen molar-refractivity contribution in [3.63, 3.8) is 0 Å². The smallest absolute Gasteiger partial charge is 0.255 e. The summed E-state index contributed by atoms with van der Waals surface area (Å²) in [6.07, 6.45) is 3.96. The average molecular weight is 365 g/mol. The van der Waals surface area contributed by atoms with E-state index in [1.54, 1.807) is 0 Å². The standard InChI is InChI=1S/C24H19N3O/c28-24(26-21-7-8-22-18(15-21)10-12-25-22)20-6-9-23-19(14-20)11-13-27(23)16-17-4-2-1-3-5-17/h1-15,25H,16H2,(H,26,28). The fourth-order valence-corrected chi connectivity index (χ4v) is 3.59. The van der Waals surface area contributed by atoms with Gasteiger partial charge in [0.25, 0.3) is 5.91 Å². The molecular formula is C24H19N3O. The minimum Gasteiger partial charge on any atom is -0.361 e. The number of aromatic amines is 1. The second-order valence-corrected chi connectivity index (χ2v) is 6.94. The number of H-pyrrole nitrogens is 1. The molecule has 0 atom stereocenters. The maximum absolute atomic E-state index is 12.7. The van der Waals surface area contributed by atoms with E-state index in [1.165, 1.54) is 5.56 Å². The van der Waals surface area contributed by atoms with E-state index in [9.17, 15) is 4.79 Å². The third-order valence-corrected chi connectivity index (χ3v) is 5.04. The lowest BCUT2D eigenvalue weighted by molar-refractivity contribution is 0.102. The van der Waals surface area contributed by atoms with Gasteiger partial charge in [0, 0.05) is 52.0 Å². The molecule has 5 rings (SSSR count). The van der Waals surface area contributed by atoms with Gasteiger partial charge in [-0.05, 0) is 54.1 Å². The number of carbonyl (C=O) groups is 1. The zero-order chi connectivity index (χ0) is 18.9. The number of hydrogen-bond acceptors (Lipinski definition) is 1. The van der Waals surface area contributed by atoms with Crippen molar-refractivity contribution in [2.45, 2.75) is 6.54 Å². The van der Waals surface area contributed by atoms with Gasteiger partial charge in [0.05, 0.1) is 0 Å². The Morgan fingerprint density at radius 3 is 2.68 bits per heavy atom. The molecule has 0 aliphatic carbocycles. The fourth-order valence-electron chi connectivity index (χ4n) is 3.59. The van der Waals surface area contributed by atoms with Gasteiger partial charge in [-0.3, -0.25) is 4.79 Å². The van der Waals surface area contributed by atoms with Crippen LogP contribution in [0.1, 0.15) is 15.9 Å². The van der Waals surface area contributed by atoms with Crippen molar-refractivity contribution in [1.82, 2.24) is 9.55 Å². The normalized spacial score (nSPS) is 11.1. The first-order chi connectivity index (χ1) is 13.8. The number of carbonyl (C=O) groups excluding carboxylic acids is 1. The minimum atomic E-state index is -0.104. The Hall–Kier alpha value is -3.79. The zero-order valence-electron chi connectivity index (χ0n) is 15.2. The second kappa shape index (κ2) is 6.74. The van der Waals surface area contributed by atoms with Crippen LogP contribution in [0.25, 0.3) is 21.8 Å². The first-order valence-electron chi connectivity index (χ1n) is 9.28. The molecule has 0 fully saturated rings. The van der Waals surface area contributed by atoms with Gasteiger partial charge in [0.15, 0.2) is 0 Å². The maximum Gasteiger partial charge on any atom is 0.255 e. The van der Waals surface area contributed by atoms with Crippen molar-refractivity contribution in [3.05, 3.63) is 102 Å². The van der Waals surface area contributed by atoms with Gasteiger partial charge >= 0.3 is 0 Å². The molecule has 2 heterocycles. The van der Waals surface area contributed by atoms with E-state index in [1.807, 2.05) is 66.9 Å². The first-order valence-corrected chi connectivity index (χ1v) is 9.28. The molecule has 3 aromatic carbocycles. The number of hydrogen-bond donors (Lipinski definition) is 2. The molecule has 2 aromatic heterocycles. The molecule has 0 saturated heterocycles. The molecule has 0 radical (unpaired) electrons. The summed E-state index contributed by atoms with van der Waals surface area (Å²) >= 11 is 0. The summed E-state index contributed by atoms with van der Waals surface area (Å²) in [7, 11) is 0. The van der Waals surface area contributed by atoms with Gasteiger partial charge in [0.1, 0.15) is 0 Å². The van der Waals surface area contributed by atoms with E-state index in [4.69, 9.17) is 0 Å². The number of nitrogens with one attached hydrogen (secondary N) is 2. The molecule has 0 saturated carbocycles. The summed E-state index contributed by atoms with van der Waals surface area (Å²) in [5.74, 6) is -0.104. The predicted molar refractivity (Wildman–Crippen MR) is 114 cm³/mol. The number of aromatic nitrogens is 2. The fraction of sp³-hybridized carbons (Fsp3) is 0.0417. The lowest BCUT2D eigenvalue weighted by Crippen LogP contribution is -2.11. The largest absolute Gasteiger partial charge is 0.361 e. The van der Waals surface area contributed by atoms with Crippen molar-refractivity contribution >= 4 is 33.4 Å². The summed E-state index contributed by atoms with van der Waals surface area (Å²) < 4.78 is 2.20. The third kappa shape index (κ3) is 3.05. The zero-order valence-corrected chi connectivity index (χ0v) is 15.2. The number of anilines is 1. The summed E-state index contributed by atoms with van der Waals surface area (Å²) in [4.78, 5) is 15.9. The van der Waals surface area contributed by atoms with Crippen molar-refractivity contribution in [2.75, 3.05) is 5.32 Å². The summed E-state index contributed by atoms with van der Waals surface area (Å²) in [6.45, 7) is 0.812. The van der Waals surface area contributed by atoms with Crippen LogP contribution in [0, 0.1) is 0 Å². The Bertz CT molecular complexity index is 1280. The van der Waals surface area contributed by atoms with Crippen LogP contribution in [0.2, 0.25) is 0 Å². The summed E-state index contributed by atoms with van der Waals surface area (Å²) in [5, 5.41) is 5.13. The number of fused-ring (bicyclic) bond motifs is 2. The van der Waals surface area contributed by atoms with E-state index in [0.29, 0.717) is 5.56 Å². The number of amides is 1. The van der Waals surface area contributed by atoms with E-state index in [0.717, 1.165) is 34.0 Å². The van der Waals surface area contributed by atoms with E-state index in [2.05, 4.69) is 39.3 Å². The number of nitrogens with zero attached hydrogens (tertiary/aromatic N) is 1. The molecule has 0 spiro atoms. The quantitative estimate of drug-likeness (QED) is 0.439. The Morgan fingerprint density at radius 2 is 1.79 bits per heavy atom. The first kappa shape index (κ1) is 16.4. The average Bonchev–Trinajstić information content (AvgIpc) is 3.35. The third-order valence-electron chi connectivity index (χ3n) is 5.04. The molecule has 4 nitrogen and oxygen atoms in total. The van der Waals surface area contributed by atoms with Crippen molar-refractivity contribution in [2.24, 2.45) is 0 Å². The van der Waals surface area contributed by atoms with Crippen LogP contribution in [0.4, 0.5) is 5.69 Å². The van der Waals surface area contributed by atoms with Crippen molar-refractivity contribution in [3.8, 4) is 0 Å². The van der Waals surface area contributed by atoms with Crippen LogP contribution in [-0.4, -0.2) is 15.5 Å². The van der Waals surface area contributed by atoms with Crippen molar-refractivity contribution < 1.29 is 4.79 Å². The molecule has 0 bridgehead atoms. The number of benzene rings is 3. The molecule has 4 heteroatoms. The Labute approximate surface area is 162 Å². The highest BCUT2D eigenvalue weighted by Gasteiger charge is 2.10. The van der Waals surface area contributed by atoms with Gasteiger partial charge in [-0.1, -0.05) is 30.3 Å². The van der Waals surface area contributed by atoms with Gasteiger partial charge in [-0.25, -0.2) is 0 Å². The SMILES string of the molecule is O=C(Nc1ccc2[nH]ccc2c1)c1ccc2c(ccn2Cc2ccccc2)c1. The molecule has 28 heavy (non-hydrogen) atoms. The van der Waals surface area contributed by atoms with E-state index in [-0.39, 0.29) is 5.91 Å². The topological polar surface area (TPSA) is 49.8 Å². The lowest BCUT2D eigenvalue weighted by Gasteiger charge is -2.08. The molecule has 1 amide bonds. The number of rotatable bonds is 4. The van der Waals surface area contributed by atoms with Crippen LogP contribution in [0.15, 0.2) is 91.3 Å². The second-order valence-electron chi connectivity index (χ2n) is 6.94. The minimum absolute atomic E-state index is 0.104. The van der Waals surface area contributed by atoms with E-state index >= 15 is 0 Å². The van der Waals surface area contributed by atoms with Gasteiger partial charge in [0.2, 0.25) is 0 Å². The highest BCUT2D eigenvalue weighted by molar-refractivity contribution is 6.07. The van der Waals surface area contributed by atoms with Crippen LogP contribution >= 0.6 is 0 Å². The van der Waals surface area contributed by atoms with Crippen LogP contribution < -0.4 is 5.32 Å². The highest BCUT2D eigenvalue weighted by Crippen LogP contribution is 2.21.